The quantitative estimate of drug-likeness (QED) is 0.514. The van der Waals surface area contributed by atoms with E-state index in [1.165, 1.54) is 24.8 Å². The second-order valence-electron chi connectivity index (χ2n) is 4.75. The second-order valence-corrected chi connectivity index (χ2v) is 4.75. The van der Waals surface area contributed by atoms with Crippen molar-refractivity contribution >= 4 is 0 Å². The van der Waals surface area contributed by atoms with Crippen molar-refractivity contribution in [2.24, 2.45) is 0 Å². The zero-order valence-corrected chi connectivity index (χ0v) is 10.1. The number of epoxide rings is 1. The molecule has 3 nitrogen and oxygen atoms in total. The first-order valence-corrected chi connectivity index (χ1v) is 6.31. The van der Waals surface area contributed by atoms with Crippen molar-refractivity contribution in [3.05, 3.63) is 11.6 Å². The molecule has 2 fully saturated rings. The fourth-order valence-corrected chi connectivity index (χ4v) is 1.90. The number of ether oxygens (including phenoxy) is 3. The first-order chi connectivity index (χ1) is 7.84. The molecule has 0 N–H and O–H groups in total. The minimum Gasteiger partial charge on any atom is -0.378 e. The van der Waals surface area contributed by atoms with Crippen LogP contribution in [0.25, 0.3) is 0 Å². The minimum absolute atomic E-state index is 0.370. The van der Waals surface area contributed by atoms with Gasteiger partial charge in [-0.2, -0.15) is 0 Å². The standard InChI is InChI=1S/C13H22O3/c1-11(8-14-9-13-10-16-13)5-6-12-4-2-3-7-15-12/h5,12-13H,2-4,6-10H2,1H3/b11-5+. The third-order valence-corrected chi connectivity index (χ3v) is 3.04. The summed E-state index contributed by atoms with van der Waals surface area (Å²) in [5, 5.41) is 0. The summed E-state index contributed by atoms with van der Waals surface area (Å²) in [7, 11) is 0. The Morgan fingerprint density at radius 1 is 1.31 bits per heavy atom. The molecule has 0 aliphatic carbocycles. The first kappa shape index (κ1) is 12.1. The Kier molecular flexibility index (Phi) is 4.82. The summed E-state index contributed by atoms with van der Waals surface area (Å²) in [4.78, 5) is 0. The van der Waals surface area contributed by atoms with E-state index < -0.39 is 0 Å². The van der Waals surface area contributed by atoms with Crippen molar-refractivity contribution < 1.29 is 14.2 Å². The van der Waals surface area contributed by atoms with E-state index in [4.69, 9.17) is 14.2 Å². The summed E-state index contributed by atoms with van der Waals surface area (Å²) in [5.74, 6) is 0. The molecule has 0 saturated carbocycles. The smallest absolute Gasteiger partial charge is 0.104 e. The molecule has 0 aromatic rings. The van der Waals surface area contributed by atoms with Gasteiger partial charge < -0.3 is 14.2 Å². The Bertz CT molecular complexity index is 227. The van der Waals surface area contributed by atoms with Crippen LogP contribution in [-0.4, -0.2) is 38.6 Å². The van der Waals surface area contributed by atoms with Crippen LogP contribution in [0.3, 0.4) is 0 Å². The minimum atomic E-state index is 0.370. The first-order valence-electron chi connectivity index (χ1n) is 6.31. The molecule has 2 aliphatic heterocycles. The van der Waals surface area contributed by atoms with Gasteiger partial charge in [-0.15, -0.1) is 0 Å². The summed E-state index contributed by atoms with van der Waals surface area (Å²) in [5.41, 5.74) is 1.30. The fourth-order valence-electron chi connectivity index (χ4n) is 1.90. The Morgan fingerprint density at radius 2 is 2.19 bits per heavy atom. The molecule has 0 aromatic heterocycles. The van der Waals surface area contributed by atoms with Crippen LogP contribution in [0.5, 0.6) is 0 Å². The normalized spacial score (nSPS) is 30.4. The van der Waals surface area contributed by atoms with Crippen molar-refractivity contribution in [2.45, 2.75) is 44.8 Å². The molecule has 16 heavy (non-hydrogen) atoms. The molecule has 2 aliphatic rings. The molecule has 0 radical (unpaired) electrons. The van der Waals surface area contributed by atoms with Gasteiger partial charge in [-0.3, -0.25) is 0 Å². The SMILES string of the molecule is C/C(=C\CC1CCCCO1)COCC1CO1. The van der Waals surface area contributed by atoms with Gasteiger partial charge >= 0.3 is 0 Å². The number of rotatable bonds is 6. The maximum atomic E-state index is 5.68. The molecular formula is C13H22O3. The van der Waals surface area contributed by atoms with Crippen LogP contribution in [0, 0.1) is 0 Å². The van der Waals surface area contributed by atoms with Gasteiger partial charge in [-0.1, -0.05) is 11.6 Å². The van der Waals surface area contributed by atoms with E-state index in [0.29, 0.717) is 12.2 Å². The highest BCUT2D eigenvalue weighted by molar-refractivity contribution is 4.99. The summed E-state index contributed by atoms with van der Waals surface area (Å²) < 4.78 is 16.3. The van der Waals surface area contributed by atoms with Crippen LogP contribution >= 0.6 is 0 Å². The van der Waals surface area contributed by atoms with Crippen LogP contribution < -0.4 is 0 Å². The van der Waals surface area contributed by atoms with E-state index in [0.717, 1.165) is 32.8 Å². The highest BCUT2D eigenvalue weighted by atomic mass is 16.6. The van der Waals surface area contributed by atoms with Gasteiger partial charge in [0.2, 0.25) is 0 Å². The molecule has 92 valence electrons. The van der Waals surface area contributed by atoms with Crippen molar-refractivity contribution in [1.29, 1.82) is 0 Å². The zero-order chi connectivity index (χ0) is 11.2. The predicted molar refractivity (Wildman–Crippen MR) is 62.5 cm³/mol. The van der Waals surface area contributed by atoms with Gasteiger partial charge in [0.1, 0.15) is 6.10 Å². The summed E-state index contributed by atoms with van der Waals surface area (Å²) in [6.07, 6.45) is 7.85. The van der Waals surface area contributed by atoms with Crippen molar-refractivity contribution in [3.8, 4) is 0 Å². The van der Waals surface area contributed by atoms with Crippen molar-refractivity contribution in [2.75, 3.05) is 26.4 Å². The third kappa shape index (κ3) is 4.64. The van der Waals surface area contributed by atoms with Gasteiger partial charge in [0.05, 0.1) is 25.9 Å². The maximum absolute atomic E-state index is 5.68. The Hall–Kier alpha value is -0.380. The number of hydrogen-bond donors (Lipinski definition) is 0. The number of hydrogen-bond acceptors (Lipinski definition) is 3. The average Bonchev–Trinajstić information content (AvgIpc) is 3.12. The molecule has 2 heterocycles. The lowest BCUT2D eigenvalue weighted by Crippen LogP contribution is -2.18. The molecule has 0 spiro atoms. The molecular weight excluding hydrogens is 204 g/mol. The lowest BCUT2D eigenvalue weighted by molar-refractivity contribution is 0.0182. The maximum Gasteiger partial charge on any atom is 0.104 e. The summed E-state index contributed by atoms with van der Waals surface area (Å²) >= 11 is 0. The molecule has 2 unspecified atom stereocenters. The molecule has 2 rings (SSSR count). The predicted octanol–water partition coefficient (Wildman–Crippen LogP) is 2.31. The topological polar surface area (TPSA) is 31.0 Å². The Labute approximate surface area is 97.8 Å². The monoisotopic (exact) mass is 226 g/mol. The molecule has 2 atom stereocenters. The van der Waals surface area contributed by atoms with E-state index in [9.17, 15) is 0 Å². The van der Waals surface area contributed by atoms with E-state index in [1.807, 2.05) is 0 Å². The third-order valence-electron chi connectivity index (χ3n) is 3.04. The largest absolute Gasteiger partial charge is 0.378 e. The lowest BCUT2D eigenvalue weighted by atomic mass is 10.1. The Morgan fingerprint density at radius 3 is 2.88 bits per heavy atom. The fraction of sp³-hybridized carbons (Fsp3) is 0.846. The lowest BCUT2D eigenvalue weighted by Gasteiger charge is -2.21. The van der Waals surface area contributed by atoms with Crippen LogP contribution in [0.4, 0.5) is 0 Å². The Balaban J connectivity index is 1.56. The van der Waals surface area contributed by atoms with E-state index in [1.54, 1.807) is 0 Å². The van der Waals surface area contributed by atoms with Crippen molar-refractivity contribution in [3.63, 3.8) is 0 Å². The van der Waals surface area contributed by atoms with Gasteiger partial charge in [0.15, 0.2) is 0 Å². The van der Waals surface area contributed by atoms with Crippen LogP contribution in [0.15, 0.2) is 11.6 Å². The molecule has 2 saturated heterocycles. The van der Waals surface area contributed by atoms with Crippen LogP contribution in [-0.2, 0) is 14.2 Å². The van der Waals surface area contributed by atoms with E-state index >= 15 is 0 Å². The van der Waals surface area contributed by atoms with Crippen LogP contribution in [0.1, 0.15) is 32.6 Å². The molecule has 0 amide bonds. The highest BCUT2D eigenvalue weighted by Gasteiger charge is 2.22. The zero-order valence-electron chi connectivity index (χ0n) is 10.1. The molecule has 0 aromatic carbocycles. The van der Waals surface area contributed by atoms with E-state index in [2.05, 4.69) is 13.0 Å². The van der Waals surface area contributed by atoms with Crippen LogP contribution in [0.2, 0.25) is 0 Å². The van der Waals surface area contributed by atoms with Gasteiger partial charge in [-0.05, 0) is 32.6 Å². The summed E-state index contributed by atoms with van der Waals surface area (Å²) in [6.45, 7) is 5.40. The average molecular weight is 226 g/mol. The van der Waals surface area contributed by atoms with E-state index in [-0.39, 0.29) is 0 Å². The molecule has 3 heteroatoms. The molecule has 0 bridgehead atoms. The second kappa shape index (κ2) is 6.38. The summed E-state index contributed by atoms with van der Waals surface area (Å²) in [6, 6.07) is 0. The van der Waals surface area contributed by atoms with Gasteiger partial charge in [0, 0.05) is 6.61 Å². The van der Waals surface area contributed by atoms with Crippen molar-refractivity contribution in [1.82, 2.24) is 0 Å². The van der Waals surface area contributed by atoms with Gasteiger partial charge in [0.25, 0.3) is 0 Å². The highest BCUT2D eigenvalue weighted by Crippen LogP contribution is 2.16. The van der Waals surface area contributed by atoms with Gasteiger partial charge in [-0.25, -0.2) is 0 Å².